The first-order chi connectivity index (χ1) is 10.8. The molecule has 130 valence electrons. The van der Waals surface area contributed by atoms with Gasteiger partial charge in [0.15, 0.2) is 0 Å². The second kappa shape index (κ2) is 9.91. The Labute approximate surface area is 133 Å². The van der Waals surface area contributed by atoms with Gasteiger partial charge >= 0.3 is 0 Å². The molecule has 0 aromatic rings. The number of carbonyl (C=O) groups is 2. The van der Waals surface area contributed by atoms with Crippen LogP contribution in [0, 0.1) is 12.3 Å². The van der Waals surface area contributed by atoms with Crippen LogP contribution in [0.3, 0.4) is 0 Å². The molecular formula is C14H21FN2O6. The molecule has 0 spiro atoms. The first kappa shape index (κ1) is 21.0. The number of carbonyl (C=O) groups excluding carboxylic acids is 2. The molecule has 0 radical (unpaired) electrons. The molecule has 0 heterocycles. The molecule has 0 aliphatic carbocycles. The number of nitrogens with one attached hydrogen (secondary N) is 1. The van der Waals surface area contributed by atoms with E-state index in [-0.39, 0.29) is 30.8 Å². The van der Waals surface area contributed by atoms with Gasteiger partial charge in [-0.25, -0.2) is 0 Å². The average molecular weight is 332 g/mol. The predicted molar refractivity (Wildman–Crippen MR) is 78.1 cm³/mol. The number of likely N-dealkylation sites (N-methyl/N-ethyl adjacent to an activating group) is 1. The van der Waals surface area contributed by atoms with Gasteiger partial charge in [0.05, 0.1) is 12.3 Å². The number of aliphatic hydroxyl groups is 3. The third-order valence-electron chi connectivity index (χ3n) is 3.13. The van der Waals surface area contributed by atoms with Crippen molar-refractivity contribution in [2.45, 2.75) is 30.8 Å². The van der Waals surface area contributed by atoms with E-state index in [1.807, 2.05) is 5.32 Å². The lowest BCUT2D eigenvalue weighted by Crippen LogP contribution is -2.58. The fraction of sp³-hybridized carbons (Fsp3) is 0.571. The highest BCUT2D eigenvalue weighted by Crippen LogP contribution is 2.23. The monoisotopic (exact) mass is 332 g/mol. The van der Waals surface area contributed by atoms with Crippen molar-refractivity contribution >= 4 is 12.3 Å². The van der Waals surface area contributed by atoms with Crippen molar-refractivity contribution in [1.82, 2.24) is 10.2 Å². The van der Waals surface area contributed by atoms with Crippen LogP contribution in [0.4, 0.5) is 4.39 Å². The summed E-state index contributed by atoms with van der Waals surface area (Å²) in [5, 5.41) is 31.4. The Balaban J connectivity index is 5.56. The quantitative estimate of drug-likeness (QED) is 0.167. The normalized spacial score (nSPS) is 16.7. The number of hydrogen-bond acceptors (Lipinski definition) is 6. The lowest BCUT2D eigenvalue weighted by Gasteiger charge is -2.37. The van der Waals surface area contributed by atoms with Crippen LogP contribution in [-0.4, -0.2) is 71.2 Å². The van der Waals surface area contributed by atoms with E-state index in [2.05, 4.69) is 0 Å². The van der Waals surface area contributed by atoms with Crippen molar-refractivity contribution < 1.29 is 34.0 Å². The van der Waals surface area contributed by atoms with Crippen LogP contribution in [0.1, 0.15) is 12.8 Å². The Bertz CT molecular complexity index is 478. The Kier molecular flexibility index (Phi) is 9.05. The summed E-state index contributed by atoms with van der Waals surface area (Å²) in [6, 6.07) is 0. The molecule has 2 amide bonds. The highest BCUT2D eigenvalue weighted by Gasteiger charge is 2.44. The Morgan fingerprint density at radius 2 is 2.22 bits per heavy atom. The van der Waals surface area contributed by atoms with E-state index in [9.17, 15) is 24.2 Å². The Hall–Kier alpha value is -1.99. The van der Waals surface area contributed by atoms with Gasteiger partial charge in [-0.2, -0.15) is 4.39 Å². The second-order valence-corrected chi connectivity index (χ2v) is 4.52. The minimum atomic E-state index is -2.65. The van der Waals surface area contributed by atoms with Crippen molar-refractivity contribution in [1.29, 1.82) is 0 Å². The molecule has 8 nitrogen and oxygen atoms in total. The Morgan fingerprint density at radius 3 is 2.61 bits per heavy atom. The first-order valence-corrected chi connectivity index (χ1v) is 6.67. The number of terminal acetylenes is 1. The van der Waals surface area contributed by atoms with Crippen molar-refractivity contribution in [2.24, 2.45) is 0 Å². The molecule has 0 fully saturated rings. The van der Waals surface area contributed by atoms with Crippen LogP contribution in [0.2, 0.25) is 0 Å². The largest absolute Gasteiger partial charge is 0.396 e. The number of ether oxygens (including phenoxy) is 1. The highest BCUT2D eigenvalue weighted by molar-refractivity contribution is 5.91. The van der Waals surface area contributed by atoms with Crippen molar-refractivity contribution in [3.05, 3.63) is 12.0 Å². The number of hydrogen-bond donors (Lipinski definition) is 4. The summed E-state index contributed by atoms with van der Waals surface area (Å²) in [5.74, 6) is -0.745. The van der Waals surface area contributed by atoms with Crippen LogP contribution >= 0.6 is 0 Å². The summed E-state index contributed by atoms with van der Waals surface area (Å²) in [7, 11) is 2.40. The fourth-order valence-corrected chi connectivity index (χ4v) is 1.78. The molecule has 0 aromatic heterocycles. The number of amides is 2. The number of halogens is 1. The van der Waals surface area contributed by atoms with E-state index in [0.29, 0.717) is 6.20 Å². The number of rotatable bonds is 10. The highest BCUT2D eigenvalue weighted by atomic mass is 19.1. The summed E-state index contributed by atoms with van der Waals surface area (Å²) in [5.41, 5.74) is -2.65. The van der Waals surface area contributed by atoms with Gasteiger partial charge < -0.3 is 25.4 Å². The number of aliphatic hydroxyl groups excluding tert-OH is 2. The maximum absolute atomic E-state index is 13.6. The van der Waals surface area contributed by atoms with E-state index in [1.54, 1.807) is 5.92 Å². The zero-order valence-corrected chi connectivity index (χ0v) is 12.9. The van der Waals surface area contributed by atoms with Crippen molar-refractivity contribution in [3.8, 4) is 12.3 Å². The van der Waals surface area contributed by atoms with E-state index in [1.165, 1.54) is 14.2 Å². The number of methoxy groups -OCH3 is 1. The van der Waals surface area contributed by atoms with Gasteiger partial charge in [-0.1, -0.05) is 0 Å². The number of nitrogens with zero attached hydrogens (tertiary/aromatic N) is 1. The fourth-order valence-electron chi connectivity index (χ4n) is 1.78. The van der Waals surface area contributed by atoms with Gasteiger partial charge in [-0.15, -0.1) is 6.42 Å². The molecule has 0 aliphatic heterocycles. The van der Waals surface area contributed by atoms with Crippen molar-refractivity contribution in [3.63, 3.8) is 0 Å². The summed E-state index contributed by atoms with van der Waals surface area (Å²) in [6.45, 7) is -0.191. The summed E-state index contributed by atoms with van der Waals surface area (Å²) in [4.78, 5) is 22.5. The standard InChI is InChI=1S/C14H21FN2O6/c1-4-14(22,12(20)11(23-3)6-5-7-18)17(9-19)8-10(15)13(21)16-2/h1,8-9,11-12,18,20,22H,5-7H2,2-3H3,(H,16,21)/b10-8+. The minimum Gasteiger partial charge on any atom is -0.396 e. The third-order valence-corrected chi connectivity index (χ3v) is 3.13. The minimum absolute atomic E-state index is 0.0373. The van der Waals surface area contributed by atoms with Crippen LogP contribution in [0.25, 0.3) is 0 Å². The molecule has 0 aromatic carbocycles. The molecule has 23 heavy (non-hydrogen) atoms. The third kappa shape index (κ3) is 5.30. The maximum atomic E-state index is 13.6. The molecule has 0 bridgehead atoms. The molecular weight excluding hydrogens is 311 g/mol. The van der Waals surface area contributed by atoms with Gasteiger partial charge in [0, 0.05) is 20.8 Å². The SMILES string of the molecule is C#CC(O)(C(O)C(CCCO)OC)N(C=O)/C=C(/F)C(=O)NC. The van der Waals surface area contributed by atoms with Crippen LogP contribution < -0.4 is 5.32 Å². The second-order valence-electron chi connectivity index (χ2n) is 4.52. The summed E-state index contributed by atoms with van der Waals surface area (Å²) >= 11 is 0. The molecule has 9 heteroatoms. The van der Waals surface area contributed by atoms with Crippen LogP contribution in [0.5, 0.6) is 0 Å². The van der Waals surface area contributed by atoms with Gasteiger partial charge in [-0.05, 0) is 18.8 Å². The Morgan fingerprint density at radius 1 is 1.61 bits per heavy atom. The van der Waals surface area contributed by atoms with E-state index in [4.69, 9.17) is 16.3 Å². The zero-order chi connectivity index (χ0) is 18.0. The molecule has 3 atom stereocenters. The van der Waals surface area contributed by atoms with Crippen LogP contribution in [0.15, 0.2) is 12.0 Å². The van der Waals surface area contributed by atoms with E-state index in [0.717, 1.165) is 0 Å². The maximum Gasteiger partial charge on any atom is 0.281 e. The van der Waals surface area contributed by atoms with Gasteiger partial charge in [0.1, 0.15) is 6.10 Å². The van der Waals surface area contributed by atoms with E-state index < -0.39 is 29.7 Å². The lowest BCUT2D eigenvalue weighted by atomic mass is 9.97. The molecule has 4 N–H and O–H groups in total. The van der Waals surface area contributed by atoms with Gasteiger partial charge in [-0.3, -0.25) is 14.5 Å². The average Bonchev–Trinajstić information content (AvgIpc) is 2.58. The topological polar surface area (TPSA) is 119 Å². The molecule has 3 unspecified atom stereocenters. The zero-order valence-electron chi connectivity index (χ0n) is 12.9. The van der Waals surface area contributed by atoms with Crippen molar-refractivity contribution in [2.75, 3.05) is 20.8 Å². The smallest absolute Gasteiger partial charge is 0.281 e. The summed E-state index contributed by atoms with van der Waals surface area (Å²) in [6.07, 6.45) is 3.00. The van der Waals surface area contributed by atoms with Gasteiger partial charge in [0.25, 0.3) is 5.91 Å². The summed E-state index contributed by atoms with van der Waals surface area (Å²) < 4.78 is 18.5. The molecule has 0 rings (SSSR count). The molecule has 0 saturated carbocycles. The van der Waals surface area contributed by atoms with E-state index >= 15 is 0 Å². The van der Waals surface area contributed by atoms with Crippen LogP contribution in [-0.2, 0) is 14.3 Å². The first-order valence-electron chi connectivity index (χ1n) is 6.67. The van der Waals surface area contributed by atoms with Gasteiger partial charge in [0.2, 0.25) is 18.0 Å². The molecule has 0 aliphatic rings. The lowest BCUT2D eigenvalue weighted by molar-refractivity contribution is -0.170. The molecule has 0 saturated heterocycles. The predicted octanol–water partition coefficient (Wildman–Crippen LogP) is -1.53.